The fourth-order valence-electron chi connectivity index (χ4n) is 3.30. The van der Waals surface area contributed by atoms with Gasteiger partial charge < -0.3 is 9.64 Å². The molecule has 4 heteroatoms. The zero-order valence-electron chi connectivity index (χ0n) is 15.5. The van der Waals surface area contributed by atoms with Crippen molar-refractivity contribution in [1.29, 1.82) is 0 Å². The van der Waals surface area contributed by atoms with E-state index in [0.29, 0.717) is 6.61 Å². The first kappa shape index (κ1) is 18.4. The molecule has 0 radical (unpaired) electrons. The number of fused-ring (bicyclic) bond motifs is 2. The van der Waals surface area contributed by atoms with Crippen molar-refractivity contribution < 1.29 is 9.53 Å². The molecule has 140 valence electrons. The Hall–Kier alpha value is -2.98. The normalized spacial score (nSPS) is 12.1. The maximum absolute atomic E-state index is 11.1. The van der Waals surface area contributed by atoms with E-state index in [9.17, 15) is 4.79 Å². The predicted octanol–water partition coefficient (Wildman–Crippen LogP) is 6.28. The highest BCUT2D eigenvalue weighted by Crippen LogP contribution is 2.50. The van der Waals surface area contributed by atoms with Gasteiger partial charge in [0.05, 0.1) is 18.0 Å². The number of anilines is 3. The highest BCUT2D eigenvalue weighted by atomic mass is 32.2. The molecule has 3 aromatic rings. The largest absolute Gasteiger partial charge is 0.463 e. The minimum Gasteiger partial charge on any atom is -0.463 e. The fourth-order valence-corrected chi connectivity index (χ4v) is 4.36. The predicted molar refractivity (Wildman–Crippen MR) is 115 cm³/mol. The summed E-state index contributed by atoms with van der Waals surface area (Å²) in [7, 11) is 0. The Balaban J connectivity index is 1.55. The van der Waals surface area contributed by atoms with Gasteiger partial charge in [-0.15, -0.1) is 0 Å². The van der Waals surface area contributed by atoms with Crippen molar-refractivity contribution in [2.45, 2.75) is 22.6 Å². The van der Waals surface area contributed by atoms with Gasteiger partial charge in [0.2, 0.25) is 0 Å². The number of carbonyl (C=O) groups excluding carboxylic acids is 1. The summed E-state index contributed by atoms with van der Waals surface area (Å²) in [6.45, 7) is 3.82. The number of benzene rings is 3. The zero-order chi connectivity index (χ0) is 19.3. The first-order valence-electron chi connectivity index (χ1n) is 9.30. The molecule has 28 heavy (non-hydrogen) atoms. The highest BCUT2D eigenvalue weighted by molar-refractivity contribution is 7.99. The van der Waals surface area contributed by atoms with Crippen LogP contribution in [0.25, 0.3) is 0 Å². The van der Waals surface area contributed by atoms with Crippen LogP contribution in [0, 0.1) is 0 Å². The Bertz CT molecular complexity index is 952. The molecule has 4 rings (SSSR count). The van der Waals surface area contributed by atoms with Crippen molar-refractivity contribution >= 4 is 34.8 Å². The van der Waals surface area contributed by atoms with Gasteiger partial charge in [-0.3, -0.25) is 0 Å². The second kappa shape index (κ2) is 8.36. The van der Waals surface area contributed by atoms with Crippen molar-refractivity contribution in [3.63, 3.8) is 0 Å². The average molecular weight is 388 g/mol. The second-order valence-corrected chi connectivity index (χ2v) is 7.60. The van der Waals surface area contributed by atoms with E-state index in [1.807, 2.05) is 11.8 Å². The van der Waals surface area contributed by atoms with Crippen molar-refractivity contribution in [3.8, 4) is 0 Å². The molecule has 0 unspecified atom stereocenters. The van der Waals surface area contributed by atoms with Gasteiger partial charge in [0.25, 0.3) is 0 Å². The molecule has 0 aromatic heterocycles. The van der Waals surface area contributed by atoms with E-state index in [2.05, 4.69) is 84.3 Å². The van der Waals surface area contributed by atoms with Crippen molar-refractivity contribution in [3.05, 3.63) is 91.0 Å². The third-order valence-corrected chi connectivity index (χ3v) is 5.78. The number of esters is 1. The Morgan fingerprint density at radius 3 is 2.14 bits per heavy atom. The lowest BCUT2D eigenvalue weighted by Crippen LogP contribution is -2.14. The Morgan fingerprint density at radius 2 is 1.54 bits per heavy atom. The quantitative estimate of drug-likeness (QED) is 0.221. The number of ether oxygens (including phenoxy) is 1. The summed E-state index contributed by atoms with van der Waals surface area (Å²) in [5.41, 5.74) is 4.78. The lowest BCUT2D eigenvalue weighted by molar-refractivity contribution is -0.137. The third-order valence-electron chi connectivity index (χ3n) is 4.65. The summed E-state index contributed by atoms with van der Waals surface area (Å²) in [6.07, 6.45) is 2.86. The molecule has 0 saturated heterocycles. The standard InChI is InChI=1S/C24H21NO2S/c1-2-24(26)27-17-7-8-18-13-15-19(16-14-18)25-20-9-3-5-11-22(20)28-23-12-6-4-10-21(23)25/h2-6,9-16H,1,7-8,17H2. The van der Waals surface area contributed by atoms with E-state index >= 15 is 0 Å². The first-order chi connectivity index (χ1) is 13.8. The van der Waals surface area contributed by atoms with Gasteiger partial charge in [-0.25, -0.2) is 4.79 Å². The van der Waals surface area contributed by atoms with E-state index in [1.54, 1.807) is 0 Å². The molecular formula is C24H21NO2S. The van der Waals surface area contributed by atoms with Crippen molar-refractivity contribution in [2.24, 2.45) is 0 Å². The molecule has 3 aromatic carbocycles. The number of hydrogen-bond donors (Lipinski definition) is 0. The molecule has 1 aliphatic rings. The number of hydrogen-bond acceptors (Lipinski definition) is 4. The van der Waals surface area contributed by atoms with Gasteiger partial charge in [-0.05, 0) is 54.8 Å². The van der Waals surface area contributed by atoms with Crippen LogP contribution in [0.3, 0.4) is 0 Å². The van der Waals surface area contributed by atoms with Gasteiger partial charge >= 0.3 is 5.97 Å². The van der Waals surface area contributed by atoms with Gasteiger partial charge in [-0.1, -0.05) is 54.7 Å². The molecule has 0 N–H and O–H groups in total. The summed E-state index contributed by atoms with van der Waals surface area (Å²) < 4.78 is 5.04. The molecule has 0 aliphatic carbocycles. The lowest BCUT2D eigenvalue weighted by Gasteiger charge is -2.32. The Morgan fingerprint density at radius 1 is 0.929 bits per heavy atom. The van der Waals surface area contributed by atoms with E-state index in [1.165, 1.54) is 32.8 Å². The summed E-state index contributed by atoms with van der Waals surface area (Å²) in [5.74, 6) is -0.365. The Kier molecular flexibility index (Phi) is 5.49. The molecular weight excluding hydrogens is 366 g/mol. The fraction of sp³-hybridized carbons (Fsp3) is 0.125. The van der Waals surface area contributed by atoms with Crippen LogP contribution in [0.1, 0.15) is 12.0 Å². The second-order valence-electron chi connectivity index (χ2n) is 6.51. The maximum atomic E-state index is 11.1. The lowest BCUT2D eigenvalue weighted by atomic mass is 10.1. The topological polar surface area (TPSA) is 29.5 Å². The molecule has 0 saturated carbocycles. The van der Waals surface area contributed by atoms with E-state index in [0.717, 1.165) is 18.5 Å². The van der Waals surface area contributed by atoms with Crippen LogP contribution in [-0.2, 0) is 16.0 Å². The average Bonchev–Trinajstić information content (AvgIpc) is 2.75. The van der Waals surface area contributed by atoms with Crippen LogP contribution in [0.2, 0.25) is 0 Å². The zero-order valence-corrected chi connectivity index (χ0v) is 16.3. The Labute approximate surface area is 169 Å². The third kappa shape index (κ3) is 3.82. The van der Waals surface area contributed by atoms with Crippen LogP contribution < -0.4 is 4.90 Å². The molecule has 1 aliphatic heterocycles. The minimum absolute atomic E-state index is 0.365. The van der Waals surface area contributed by atoms with Crippen molar-refractivity contribution in [2.75, 3.05) is 11.5 Å². The van der Waals surface area contributed by atoms with Crippen LogP contribution in [0.15, 0.2) is 95.2 Å². The molecule has 1 heterocycles. The summed E-state index contributed by atoms with van der Waals surface area (Å²) in [6, 6.07) is 25.6. The molecule has 3 nitrogen and oxygen atoms in total. The van der Waals surface area contributed by atoms with Gasteiger partial charge in [0.1, 0.15) is 0 Å². The van der Waals surface area contributed by atoms with E-state index < -0.39 is 0 Å². The smallest absolute Gasteiger partial charge is 0.330 e. The van der Waals surface area contributed by atoms with Crippen molar-refractivity contribution in [1.82, 2.24) is 0 Å². The van der Waals surface area contributed by atoms with Crippen LogP contribution in [-0.4, -0.2) is 12.6 Å². The van der Waals surface area contributed by atoms with Crippen LogP contribution in [0.4, 0.5) is 17.1 Å². The molecule has 0 spiro atoms. The summed E-state index contributed by atoms with van der Waals surface area (Å²) >= 11 is 1.81. The van der Waals surface area contributed by atoms with Crippen LogP contribution in [0.5, 0.6) is 0 Å². The monoisotopic (exact) mass is 387 g/mol. The molecule has 0 atom stereocenters. The highest BCUT2D eigenvalue weighted by Gasteiger charge is 2.23. The number of aryl methyl sites for hydroxylation is 1. The van der Waals surface area contributed by atoms with Gasteiger partial charge in [-0.2, -0.15) is 0 Å². The first-order valence-corrected chi connectivity index (χ1v) is 10.1. The summed E-state index contributed by atoms with van der Waals surface area (Å²) in [4.78, 5) is 15.9. The molecule has 0 bridgehead atoms. The molecule has 0 amide bonds. The van der Waals surface area contributed by atoms with E-state index in [-0.39, 0.29) is 5.97 Å². The maximum Gasteiger partial charge on any atom is 0.330 e. The molecule has 0 fully saturated rings. The summed E-state index contributed by atoms with van der Waals surface area (Å²) in [5, 5.41) is 0. The number of para-hydroxylation sites is 2. The van der Waals surface area contributed by atoms with Gasteiger partial charge in [0.15, 0.2) is 0 Å². The van der Waals surface area contributed by atoms with Gasteiger partial charge in [0, 0.05) is 21.6 Å². The van der Waals surface area contributed by atoms with Crippen LogP contribution >= 0.6 is 11.8 Å². The SMILES string of the molecule is C=CC(=O)OCCCc1ccc(N2c3ccccc3Sc3ccccc32)cc1. The number of carbonyl (C=O) groups is 1. The minimum atomic E-state index is -0.365. The number of nitrogens with zero attached hydrogens (tertiary/aromatic N) is 1. The van der Waals surface area contributed by atoms with E-state index in [4.69, 9.17) is 4.74 Å². The number of rotatable bonds is 6.